The average molecular weight is 372 g/mol. The third-order valence-corrected chi connectivity index (χ3v) is 6.28. The van der Waals surface area contributed by atoms with E-state index in [0.29, 0.717) is 6.04 Å². The number of aliphatic hydroxyl groups is 1. The Bertz CT molecular complexity index is 784. The Kier molecular flexibility index (Phi) is 4.71. The van der Waals surface area contributed by atoms with Crippen LogP contribution >= 0.6 is 0 Å². The minimum Gasteiger partial charge on any atom is -0.394 e. The molecule has 0 aromatic carbocycles. The topological polar surface area (TPSA) is 79.5 Å². The van der Waals surface area contributed by atoms with E-state index in [4.69, 9.17) is 4.74 Å². The van der Waals surface area contributed by atoms with Crippen LogP contribution in [0.1, 0.15) is 44.8 Å². The van der Waals surface area contributed by atoms with Gasteiger partial charge in [-0.25, -0.2) is 15.0 Å². The second-order valence-electron chi connectivity index (χ2n) is 8.00. The molecule has 3 aliphatic rings. The summed E-state index contributed by atoms with van der Waals surface area (Å²) in [5.41, 5.74) is 1.67. The summed E-state index contributed by atoms with van der Waals surface area (Å²) in [6.45, 7) is 3.72. The van der Waals surface area contributed by atoms with Crippen LogP contribution in [0.3, 0.4) is 0 Å². The van der Waals surface area contributed by atoms with E-state index in [9.17, 15) is 5.11 Å². The lowest BCUT2D eigenvalue weighted by Gasteiger charge is -2.40. The van der Waals surface area contributed by atoms with Crippen molar-refractivity contribution in [2.45, 2.75) is 56.9 Å². The van der Waals surface area contributed by atoms with Crippen LogP contribution in [-0.4, -0.2) is 74.5 Å². The predicted octanol–water partition coefficient (Wildman–Crippen LogP) is 1.56. The molecule has 27 heavy (non-hydrogen) atoms. The summed E-state index contributed by atoms with van der Waals surface area (Å²) in [4.78, 5) is 18.5. The van der Waals surface area contributed by atoms with Gasteiger partial charge in [0.25, 0.3) is 0 Å². The molecule has 2 aromatic rings. The Hall–Kier alpha value is -1.77. The molecule has 4 heterocycles. The molecule has 3 fully saturated rings. The first-order chi connectivity index (χ1) is 13.3. The molecule has 0 amide bonds. The summed E-state index contributed by atoms with van der Waals surface area (Å²) in [5, 5.41) is 9.76. The van der Waals surface area contributed by atoms with E-state index in [0.717, 1.165) is 43.2 Å². The van der Waals surface area contributed by atoms with Gasteiger partial charge in [-0.2, -0.15) is 0 Å². The fraction of sp³-hybridized carbons (Fsp3) is 0.737. The third-order valence-electron chi connectivity index (χ3n) is 6.28. The molecule has 1 N–H and O–H groups in total. The van der Waals surface area contributed by atoms with Crippen molar-refractivity contribution in [1.29, 1.82) is 0 Å². The van der Waals surface area contributed by atoms with Crippen molar-refractivity contribution in [2.75, 3.05) is 37.7 Å². The van der Waals surface area contributed by atoms with E-state index in [1.165, 1.54) is 38.5 Å². The standard InChI is InChI=1S/C19H28N6O2/c26-11-15-9-24(14-5-1-2-6-14)10-16(27-15)25-13-22-17-18(20-12-21-19(17)25)23-7-3-4-8-23/h12-16,26H,1-11H2/t15-,16+/m0/s1. The highest BCUT2D eigenvalue weighted by atomic mass is 16.5. The molecular weight excluding hydrogens is 344 g/mol. The molecule has 0 bridgehead atoms. The minimum atomic E-state index is -0.178. The van der Waals surface area contributed by atoms with Crippen LogP contribution < -0.4 is 4.90 Å². The molecular formula is C19H28N6O2. The maximum absolute atomic E-state index is 9.76. The lowest BCUT2D eigenvalue weighted by atomic mass is 10.1. The van der Waals surface area contributed by atoms with E-state index in [-0.39, 0.29) is 18.9 Å². The maximum atomic E-state index is 9.76. The molecule has 1 saturated carbocycles. The van der Waals surface area contributed by atoms with Crippen LogP contribution in [-0.2, 0) is 4.74 Å². The predicted molar refractivity (Wildman–Crippen MR) is 102 cm³/mol. The van der Waals surface area contributed by atoms with Gasteiger partial charge in [-0.1, -0.05) is 12.8 Å². The molecule has 2 aliphatic heterocycles. The zero-order valence-electron chi connectivity index (χ0n) is 15.7. The van der Waals surface area contributed by atoms with E-state index >= 15 is 0 Å². The van der Waals surface area contributed by atoms with Crippen molar-refractivity contribution in [3.8, 4) is 0 Å². The summed E-state index contributed by atoms with van der Waals surface area (Å²) in [6.07, 6.45) is 10.6. The van der Waals surface area contributed by atoms with E-state index in [2.05, 4.69) is 24.8 Å². The summed E-state index contributed by atoms with van der Waals surface area (Å²) in [6, 6.07) is 0.607. The number of hydrogen-bond acceptors (Lipinski definition) is 7. The van der Waals surface area contributed by atoms with Crippen LogP contribution in [0.4, 0.5) is 5.82 Å². The summed E-state index contributed by atoms with van der Waals surface area (Å²) < 4.78 is 8.23. The number of aliphatic hydroxyl groups excluding tert-OH is 1. The second-order valence-corrected chi connectivity index (χ2v) is 8.00. The molecule has 1 aliphatic carbocycles. The van der Waals surface area contributed by atoms with Gasteiger partial charge < -0.3 is 14.7 Å². The van der Waals surface area contributed by atoms with Gasteiger partial charge >= 0.3 is 0 Å². The number of aromatic nitrogens is 4. The first kappa shape index (κ1) is 17.3. The van der Waals surface area contributed by atoms with Crippen LogP contribution in [0.5, 0.6) is 0 Å². The van der Waals surface area contributed by atoms with Crippen LogP contribution in [0.15, 0.2) is 12.7 Å². The van der Waals surface area contributed by atoms with Gasteiger partial charge in [0.1, 0.15) is 12.6 Å². The fourth-order valence-corrected chi connectivity index (χ4v) is 4.88. The fourth-order valence-electron chi connectivity index (χ4n) is 4.88. The minimum absolute atomic E-state index is 0.0420. The summed E-state index contributed by atoms with van der Waals surface area (Å²) in [7, 11) is 0. The van der Waals surface area contributed by atoms with Crippen molar-refractivity contribution in [3.05, 3.63) is 12.7 Å². The van der Waals surface area contributed by atoms with Gasteiger partial charge in [0.05, 0.1) is 19.0 Å². The summed E-state index contributed by atoms with van der Waals surface area (Å²) >= 11 is 0. The van der Waals surface area contributed by atoms with E-state index < -0.39 is 0 Å². The molecule has 146 valence electrons. The van der Waals surface area contributed by atoms with Gasteiger partial charge in [0.2, 0.25) is 0 Å². The third kappa shape index (κ3) is 3.19. The van der Waals surface area contributed by atoms with Crippen LogP contribution in [0, 0.1) is 0 Å². The molecule has 8 nitrogen and oxygen atoms in total. The SMILES string of the molecule is OC[C@@H]1CN(C2CCCC2)C[C@H](n2cnc3c(N4CCCC4)ncnc32)O1. The Balaban J connectivity index is 1.45. The summed E-state index contributed by atoms with van der Waals surface area (Å²) in [5.74, 6) is 0.929. The normalized spacial score (nSPS) is 27.8. The number of anilines is 1. The highest BCUT2D eigenvalue weighted by molar-refractivity contribution is 5.83. The van der Waals surface area contributed by atoms with Crippen molar-refractivity contribution in [2.24, 2.45) is 0 Å². The molecule has 0 radical (unpaired) electrons. The van der Waals surface area contributed by atoms with Crippen LogP contribution in [0.25, 0.3) is 11.2 Å². The Morgan fingerprint density at radius 2 is 1.85 bits per heavy atom. The largest absolute Gasteiger partial charge is 0.394 e. The van der Waals surface area contributed by atoms with Gasteiger partial charge in [-0.05, 0) is 25.7 Å². The number of morpholine rings is 1. The Labute approximate surface area is 159 Å². The second kappa shape index (κ2) is 7.33. The molecule has 2 saturated heterocycles. The smallest absolute Gasteiger partial charge is 0.167 e. The van der Waals surface area contributed by atoms with E-state index in [1.807, 2.05) is 10.9 Å². The zero-order valence-corrected chi connectivity index (χ0v) is 15.7. The van der Waals surface area contributed by atoms with Crippen molar-refractivity contribution >= 4 is 17.0 Å². The highest BCUT2D eigenvalue weighted by Crippen LogP contribution is 2.32. The quantitative estimate of drug-likeness (QED) is 0.872. The molecule has 0 unspecified atom stereocenters. The van der Waals surface area contributed by atoms with Gasteiger partial charge in [-0.15, -0.1) is 0 Å². The number of nitrogens with zero attached hydrogens (tertiary/aromatic N) is 6. The lowest BCUT2D eigenvalue weighted by Crippen LogP contribution is -2.50. The molecule has 2 aromatic heterocycles. The molecule has 5 rings (SSSR count). The maximum Gasteiger partial charge on any atom is 0.167 e. The first-order valence-corrected chi connectivity index (χ1v) is 10.3. The number of rotatable bonds is 4. The molecule has 8 heteroatoms. The van der Waals surface area contributed by atoms with E-state index in [1.54, 1.807) is 6.33 Å². The first-order valence-electron chi connectivity index (χ1n) is 10.3. The highest BCUT2D eigenvalue weighted by Gasteiger charge is 2.34. The van der Waals surface area contributed by atoms with Crippen molar-refractivity contribution in [1.82, 2.24) is 24.4 Å². The molecule has 0 spiro atoms. The van der Waals surface area contributed by atoms with Crippen molar-refractivity contribution < 1.29 is 9.84 Å². The average Bonchev–Trinajstić information content (AvgIpc) is 3.48. The van der Waals surface area contributed by atoms with Crippen LogP contribution in [0.2, 0.25) is 0 Å². The monoisotopic (exact) mass is 372 g/mol. The van der Waals surface area contributed by atoms with Gasteiger partial charge in [0.15, 0.2) is 17.0 Å². The number of ether oxygens (including phenoxy) is 1. The Morgan fingerprint density at radius 1 is 1.04 bits per heavy atom. The Morgan fingerprint density at radius 3 is 2.63 bits per heavy atom. The number of fused-ring (bicyclic) bond motifs is 1. The lowest BCUT2D eigenvalue weighted by molar-refractivity contribution is -0.141. The molecule has 2 atom stereocenters. The number of hydrogen-bond donors (Lipinski definition) is 1. The number of imidazole rings is 1. The van der Waals surface area contributed by atoms with Gasteiger partial charge in [0, 0.05) is 32.2 Å². The van der Waals surface area contributed by atoms with Crippen molar-refractivity contribution in [3.63, 3.8) is 0 Å². The van der Waals surface area contributed by atoms with Gasteiger partial charge in [-0.3, -0.25) is 9.47 Å². The zero-order chi connectivity index (χ0) is 18.2.